The summed E-state index contributed by atoms with van der Waals surface area (Å²) in [5.41, 5.74) is 2.64. The third kappa shape index (κ3) is 3.41. The Balaban J connectivity index is 1.87. The highest BCUT2D eigenvalue weighted by atomic mass is 16.5. The molecule has 1 aliphatic carbocycles. The highest BCUT2D eigenvalue weighted by Gasteiger charge is 2.29. The normalized spacial score (nSPS) is 19.9. The standard InChI is InChI=1S/C19H23NO3/c1-13(21)20-10-9-14-5-7-17(19-4-3-11-23-19)16-8-6-15(22-2)12-18(14)16/h3-4,6,8,11-12,14,17H,5,7,9-10H2,1-2H3,(H,20,21). The molecule has 0 spiro atoms. The molecule has 3 rings (SSSR count). The fourth-order valence-electron chi connectivity index (χ4n) is 3.54. The van der Waals surface area contributed by atoms with Crippen LogP contribution in [0.15, 0.2) is 41.0 Å². The first-order valence-corrected chi connectivity index (χ1v) is 8.14. The molecular weight excluding hydrogens is 290 g/mol. The van der Waals surface area contributed by atoms with Crippen molar-refractivity contribution in [1.82, 2.24) is 5.32 Å². The smallest absolute Gasteiger partial charge is 0.216 e. The Morgan fingerprint density at radius 3 is 2.87 bits per heavy atom. The number of nitrogens with one attached hydrogen (secondary N) is 1. The number of ether oxygens (including phenoxy) is 1. The first kappa shape index (κ1) is 15.7. The van der Waals surface area contributed by atoms with Gasteiger partial charge in [-0.25, -0.2) is 0 Å². The van der Waals surface area contributed by atoms with E-state index in [1.54, 1.807) is 20.3 Å². The zero-order valence-corrected chi connectivity index (χ0v) is 13.7. The number of rotatable bonds is 5. The molecule has 0 radical (unpaired) electrons. The number of furan rings is 1. The van der Waals surface area contributed by atoms with E-state index in [0.717, 1.165) is 30.8 Å². The quantitative estimate of drug-likeness (QED) is 0.913. The van der Waals surface area contributed by atoms with Crippen LogP contribution in [0.4, 0.5) is 0 Å². The SMILES string of the molecule is COc1ccc2c(c1)C(CCNC(C)=O)CCC2c1ccco1. The van der Waals surface area contributed by atoms with Crippen LogP contribution in [-0.4, -0.2) is 19.6 Å². The van der Waals surface area contributed by atoms with Crippen LogP contribution < -0.4 is 10.1 Å². The van der Waals surface area contributed by atoms with E-state index in [9.17, 15) is 4.79 Å². The van der Waals surface area contributed by atoms with E-state index in [4.69, 9.17) is 9.15 Å². The van der Waals surface area contributed by atoms with E-state index in [0.29, 0.717) is 18.4 Å². The summed E-state index contributed by atoms with van der Waals surface area (Å²) in [7, 11) is 1.70. The Labute approximate surface area is 136 Å². The number of hydrogen-bond acceptors (Lipinski definition) is 3. The van der Waals surface area contributed by atoms with Crippen LogP contribution in [0.1, 0.15) is 54.9 Å². The monoisotopic (exact) mass is 313 g/mol. The molecule has 1 heterocycles. The topological polar surface area (TPSA) is 51.5 Å². The summed E-state index contributed by atoms with van der Waals surface area (Å²) in [6, 6.07) is 10.3. The van der Waals surface area contributed by atoms with Crippen LogP contribution in [0.5, 0.6) is 5.75 Å². The van der Waals surface area contributed by atoms with Crippen LogP contribution in [-0.2, 0) is 4.79 Å². The summed E-state index contributed by atoms with van der Waals surface area (Å²) < 4.78 is 11.1. The van der Waals surface area contributed by atoms with Gasteiger partial charge >= 0.3 is 0 Å². The van der Waals surface area contributed by atoms with Gasteiger partial charge in [-0.05, 0) is 60.6 Å². The van der Waals surface area contributed by atoms with E-state index >= 15 is 0 Å². The van der Waals surface area contributed by atoms with Crippen molar-refractivity contribution in [3.63, 3.8) is 0 Å². The summed E-state index contributed by atoms with van der Waals surface area (Å²) >= 11 is 0. The van der Waals surface area contributed by atoms with Gasteiger partial charge in [0, 0.05) is 19.4 Å². The van der Waals surface area contributed by atoms with Gasteiger partial charge in [-0.15, -0.1) is 0 Å². The number of hydrogen-bond donors (Lipinski definition) is 1. The van der Waals surface area contributed by atoms with Crippen molar-refractivity contribution in [3.05, 3.63) is 53.5 Å². The second-order valence-electron chi connectivity index (χ2n) is 6.11. The highest BCUT2D eigenvalue weighted by molar-refractivity contribution is 5.72. The van der Waals surface area contributed by atoms with Crippen molar-refractivity contribution in [3.8, 4) is 5.75 Å². The summed E-state index contributed by atoms with van der Waals surface area (Å²) in [5.74, 6) is 2.69. The van der Waals surface area contributed by atoms with Crippen LogP contribution in [0.25, 0.3) is 0 Å². The maximum absolute atomic E-state index is 11.1. The maximum Gasteiger partial charge on any atom is 0.216 e. The molecule has 2 aromatic rings. The molecule has 0 saturated carbocycles. The maximum atomic E-state index is 11.1. The van der Waals surface area contributed by atoms with Crippen LogP contribution >= 0.6 is 0 Å². The molecule has 2 unspecified atom stereocenters. The fraction of sp³-hybridized carbons (Fsp3) is 0.421. The van der Waals surface area contributed by atoms with Crippen molar-refractivity contribution < 1.29 is 13.9 Å². The lowest BCUT2D eigenvalue weighted by atomic mass is 9.74. The molecule has 1 aromatic heterocycles. The third-order valence-corrected chi connectivity index (χ3v) is 4.67. The van der Waals surface area contributed by atoms with Gasteiger partial charge in [0.15, 0.2) is 0 Å². The number of carbonyl (C=O) groups is 1. The average molecular weight is 313 g/mol. The highest BCUT2D eigenvalue weighted by Crippen LogP contribution is 2.44. The van der Waals surface area contributed by atoms with Gasteiger partial charge in [0.1, 0.15) is 11.5 Å². The molecule has 0 aliphatic heterocycles. The van der Waals surface area contributed by atoms with Gasteiger partial charge in [0.2, 0.25) is 5.91 Å². The molecular formula is C19H23NO3. The molecule has 1 aromatic carbocycles. The van der Waals surface area contributed by atoms with E-state index in [1.165, 1.54) is 11.1 Å². The Bertz CT molecular complexity index is 663. The van der Waals surface area contributed by atoms with Crippen molar-refractivity contribution in [2.75, 3.05) is 13.7 Å². The van der Waals surface area contributed by atoms with E-state index in [1.807, 2.05) is 12.1 Å². The van der Waals surface area contributed by atoms with Gasteiger partial charge in [0.05, 0.1) is 13.4 Å². The Morgan fingerprint density at radius 1 is 1.30 bits per heavy atom. The number of benzene rings is 1. The Kier molecular flexibility index (Phi) is 4.70. The largest absolute Gasteiger partial charge is 0.497 e. The zero-order valence-electron chi connectivity index (χ0n) is 13.7. The molecule has 0 saturated heterocycles. The van der Waals surface area contributed by atoms with Gasteiger partial charge in [-0.2, -0.15) is 0 Å². The molecule has 0 bridgehead atoms. The first-order valence-electron chi connectivity index (χ1n) is 8.14. The number of carbonyl (C=O) groups excluding carboxylic acids is 1. The van der Waals surface area contributed by atoms with E-state index < -0.39 is 0 Å². The average Bonchev–Trinajstić information content (AvgIpc) is 3.08. The zero-order chi connectivity index (χ0) is 16.2. The second kappa shape index (κ2) is 6.90. The molecule has 1 amide bonds. The summed E-state index contributed by atoms with van der Waals surface area (Å²) in [4.78, 5) is 11.1. The minimum Gasteiger partial charge on any atom is -0.497 e. The molecule has 23 heavy (non-hydrogen) atoms. The predicted octanol–water partition coefficient (Wildman–Crippen LogP) is 3.82. The lowest BCUT2D eigenvalue weighted by molar-refractivity contribution is -0.118. The van der Waals surface area contributed by atoms with Gasteiger partial charge in [0.25, 0.3) is 0 Å². The lowest BCUT2D eigenvalue weighted by Gasteiger charge is -2.31. The summed E-state index contributed by atoms with van der Waals surface area (Å²) in [5, 5.41) is 2.90. The Hall–Kier alpha value is -2.23. The van der Waals surface area contributed by atoms with Crippen molar-refractivity contribution in [1.29, 1.82) is 0 Å². The van der Waals surface area contributed by atoms with Gasteiger partial charge in [-0.3, -0.25) is 4.79 Å². The molecule has 2 atom stereocenters. The fourth-order valence-corrected chi connectivity index (χ4v) is 3.54. The molecule has 122 valence electrons. The first-order chi connectivity index (χ1) is 11.2. The molecule has 0 fully saturated rings. The Morgan fingerprint density at radius 2 is 2.17 bits per heavy atom. The summed E-state index contributed by atoms with van der Waals surface area (Å²) in [6.07, 6.45) is 4.84. The molecule has 1 N–H and O–H groups in total. The molecule has 4 heteroatoms. The van der Waals surface area contributed by atoms with Crippen LogP contribution in [0.2, 0.25) is 0 Å². The van der Waals surface area contributed by atoms with Crippen molar-refractivity contribution >= 4 is 5.91 Å². The van der Waals surface area contributed by atoms with Gasteiger partial charge < -0.3 is 14.5 Å². The predicted molar refractivity (Wildman–Crippen MR) is 88.8 cm³/mol. The number of amides is 1. The third-order valence-electron chi connectivity index (χ3n) is 4.67. The van der Waals surface area contributed by atoms with Gasteiger partial charge in [-0.1, -0.05) is 6.07 Å². The summed E-state index contributed by atoms with van der Waals surface area (Å²) in [6.45, 7) is 2.27. The molecule has 1 aliphatic rings. The minimum absolute atomic E-state index is 0.0279. The minimum atomic E-state index is 0.0279. The van der Waals surface area contributed by atoms with Crippen LogP contribution in [0, 0.1) is 0 Å². The van der Waals surface area contributed by atoms with Crippen LogP contribution in [0.3, 0.4) is 0 Å². The van der Waals surface area contributed by atoms with Crippen molar-refractivity contribution in [2.24, 2.45) is 0 Å². The second-order valence-corrected chi connectivity index (χ2v) is 6.11. The lowest BCUT2D eigenvalue weighted by Crippen LogP contribution is -2.24. The number of methoxy groups -OCH3 is 1. The van der Waals surface area contributed by atoms with Crippen molar-refractivity contribution in [2.45, 2.75) is 38.0 Å². The molecule has 4 nitrogen and oxygen atoms in total. The number of fused-ring (bicyclic) bond motifs is 1. The van der Waals surface area contributed by atoms with E-state index in [-0.39, 0.29) is 5.91 Å². The van der Waals surface area contributed by atoms with E-state index in [2.05, 4.69) is 23.5 Å².